The molecule has 0 bridgehead atoms. The zero-order chi connectivity index (χ0) is 24.4. The van der Waals surface area contributed by atoms with E-state index in [0.717, 1.165) is 53.0 Å². The maximum atomic E-state index is 13.0. The smallest absolute Gasteiger partial charge is 0.260 e. The van der Waals surface area contributed by atoms with E-state index in [0.29, 0.717) is 25.0 Å². The van der Waals surface area contributed by atoms with Gasteiger partial charge in [0.2, 0.25) is 0 Å². The van der Waals surface area contributed by atoms with Gasteiger partial charge in [0.15, 0.2) is 0 Å². The van der Waals surface area contributed by atoms with Crippen molar-refractivity contribution in [3.63, 3.8) is 0 Å². The van der Waals surface area contributed by atoms with E-state index in [1.54, 1.807) is 11.3 Å². The maximum Gasteiger partial charge on any atom is 0.260 e. The van der Waals surface area contributed by atoms with E-state index in [9.17, 15) is 4.79 Å². The van der Waals surface area contributed by atoms with Crippen LogP contribution in [0.25, 0.3) is 21.6 Å². The van der Waals surface area contributed by atoms with Gasteiger partial charge in [-0.25, -0.2) is 4.98 Å². The van der Waals surface area contributed by atoms with E-state index in [4.69, 9.17) is 14.5 Å². The third kappa shape index (κ3) is 5.27. The first kappa shape index (κ1) is 23.6. The number of benzene rings is 2. The van der Waals surface area contributed by atoms with Gasteiger partial charge in [0, 0.05) is 16.9 Å². The molecule has 0 radical (unpaired) electrons. The molecule has 2 aromatic heterocycles. The quantitative estimate of drug-likeness (QED) is 0.296. The van der Waals surface area contributed by atoms with Crippen molar-refractivity contribution in [2.24, 2.45) is 11.3 Å². The number of hydrogen-bond donors (Lipinski definition) is 1. The molecule has 1 aliphatic carbocycles. The van der Waals surface area contributed by atoms with Crippen LogP contribution in [0, 0.1) is 11.3 Å². The van der Waals surface area contributed by atoms with Crippen molar-refractivity contribution in [2.75, 3.05) is 13.2 Å². The molecule has 0 saturated heterocycles. The number of hydrogen-bond acceptors (Lipinski definition) is 5. The van der Waals surface area contributed by atoms with Crippen LogP contribution in [0.3, 0.4) is 0 Å². The number of aromatic amines is 1. The summed E-state index contributed by atoms with van der Waals surface area (Å²) >= 11 is 1.69. The van der Waals surface area contributed by atoms with Gasteiger partial charge < -0.3 is 14.5 Å². The molecule has 0 saturated carbocycles. The van der Waals surface area contributed by atoms with E-state index < -0.39 is 0 Å². The second kappa shape index (κ2) is 9.86. The summed E-state index contributed by atoms with van der Waals surface area (Å²) in [6, 6.07) is 17.5. The molecule has 5 rings (SSSR count). The molecular formula is C29H32N2O3S. The van der Waals surface area contributed by atoms with E-state index in [-0.39, 0.29) is 11.0 Å². The Hall–Kier alpha value is -3.12. The van der Waals surface area contributed by atoms with Gasteiger partial charge in [0.25, 0.3) is 5.56 Å². The lowest BCUT2D eigenvalue weighted by Crippen LogP contribution is -2.26. The number of fused-ring (bicyclic) bond motifs is 3. The van der Waals surface area contributed by atoms with Gasteiger partial charge in [0.1, 0.15) is 22.2 Å². The number of aryl methyl sites for hydroxylation is 1. The number of aromatic nitrogens is 2. The normalized spacial score (nSPS) is 15.7. The van der Waals surface area contributed by atoms with E-state index in [1.165, 1.54) is 10.4 Å². The molecule has 6 heteroatoms. The number of nitrogens with one attached hydrogen (secondary N) is 1. The number of thiophene rings is 1. The Morgan fingerprint density at radius 3 is 2.37 bits per heavy atom. The van der Waals surface area contributed by atoms with Gasteiger partial charge in [-0.05, 0) is 72.6 Å². The minimum absolute atomic E-state index is 0.0320. The molecule has 1 atom stereocenters. The Morgan fingerprint density at radius 2 is 1.69 bits per heavy atom. The molecular weight excluding hydrogens is 456 g/mol. The van der Waals surface area contributed by atoms with Crippen LogP contribution >= 0.6 is 11.3 Å². The number of H-pyrrole nitrogens is 1. The summed E-state index contributed by atoms with van der Waals surface area (Å²) in [6.07, 6.45) is 3.92. The molecule has 0 aliphatic heterocycles. The minimum Gasteiger partial charge on any atom is -0.493 e. The largest absolute Gasteiger partial charge is 0.493 e. The van der Waals surface area contributed by atoms with Gasteiger partial charge in [-0.3, -0.25) is 4.79 Å². The predicted octanol–water partition coefficient (Wildman–Crippen LogP) is 6.65. The molecule has 1 N–H and O–H groups in total. The third-order valence-electron chi connectivity index (χ3n) is 6.84. The second-order valence-electron chi connectivity index (χ2n) is 10.3. The fraction of sp³-hybridized carbons (Fsp3) is 0.379. The number of para-hydroxylation sites is 1. The van der Waals surface area contributed by atoms with Crippen LogP contribution in [0.15, 0.2) is 59.4 Å². The van der Waals surface area contributed by atoms with E-state index >= 15 is 0 Å². The first-order chi connectivity index (χ1) is 16.9. The van der Waals surface area contributed by atoms with Crippen molar-refractivity contribution >= 4 is 21.6 Å². The first-order valence-corrected chi connectivity index (χ1v) is 13.2. The molecule has 1 aliphatic rings. The van der Waals surface area contributed by atoms with Crippen LogP contribution in [0.4, 0.5) is 0 Å². The van der Waals surface area contributed by atoms with Gasteiger partial charge in [0.05, 0.1) is 18.6 Å². The molecule has 35 heavy (non-hydrogen) atoms. The van der Waals surface area contributed by atoms with Crippen molar-refractivity contribution in [2.45, 2.75) is 46.5 Å². The van der Waals surface area contributed by atoms with Crippen molar-refractivity contribution < 1.29 is 9.47 Å². The summed E-state index contributed by atoms with van der Waals surface area (Å²) in [6.45, 7) is 8.11. The molecule has 0 unspecified atom stereocenters. The molecule has 182 valence electrons. The summed E-state index contributed by atoms with van der Waals surface area (Å²) in [5.41, 5.74) is 2.33. The lowest BCUT2D eigenvalue weighted by atomic mass is 9.72. The highest BCUT2D eigenvalue weighted by molar-refractivity contribution is 7.18. The molecule has 0 fully saturated rings. The summed E-state index contributed by atoms with van der Waals surface area (Å²) < 4.78 is 11.5. The van der Waals surface area contributed by atoms with Crippen molar-refractivity contribution in [1.82, 2.24) is 9.97 Å². The highest BCUT2D eigenvalue weighted by Gasteiger charge is 2.31. The van der Waals surface area contributed by atoms with E-state index in [2.05, 4.69) is 25.8 Å². The van der Waals surface area contributed by atoms with Crippen LogP contribution in [0.1, 0.15) is 44.1 Å². The SMILES string of the molecule is CC(C)(C)[C@@H]1CCc2c(sc3nc(-c4ccc(OCCCOc5ccccc5)cc4)[nH]c(=O)c23)C1. The van der Waals surface area contributed by atoms with Gasteiger partial charge in [-0.15, -0.1) is 11.3 Å². The van der Waals surface area contributed by atoms with Gasteiger partial charge in [-0.1, -0.05) is 39.0 Å². The van der Waals surface area contributed by atoms with Crippen LogP contribution in [0.2, 0.25) is 0 Å². The first-order valence-electron chi connectivity index (χ1n) is 12.3. The second-order valence-corrected chi connectivity index (χ2v) is 11.4. The number of ether oxygens (including phenoxy) is 2. The summed E-state index contributed by atoms with van der Waals surface area (Å²) in [5, 5.41) is 0.791. The number of nitrogens with zero attached hydrogens (tertiary/aromatic N) is 1. The zero-order valence-corrected chi connectivity index (χ0v) is 21.4. The van der Waals surface area contributed by atoms with Crippen LogP contribution in [-0.4, -0.2) is 23.2 Å². The molecule has 2 heterocycles. The lowest BCUT2D eigenvalue weighted by molar-refractivity contribution is 0.218. The molecule has 2 aromatic carbocycles. The molecule has 0 spiro atoms. The topological polar surface area (TPSA) is 64.2 Å². The number of rotatable bonds is 7. The van der Waals surface area contributed by atoms with Crippen LogP contribution in [-0.2, 0) is 12.8 Å². The van der Waals surface area contributed by atoms with Crippen molar-refractivity contribution in [3.05, 3.63) is 75.4 Å². The monoisotopic (exact) mass is 488 g/mol. The third-order valence-corrected chi connectivity index (χ3v) is 7.99. The summed E-state index contributed by atoms with van der Waals surface area (Å²) in [7, 11) is 0. The van der Waals surface area contributed by atoms with Crippen molar-refractivity contribution in [1.29, 1.82) is 0 Å². The van der Waals surface area contributed by atoms with Crippen molar-refractivity contribution in [3.8, 4) is 22.9 Å². The Morgan fingerprint density at radius 1 is 1.00 bits per heavy atom. The lowest BCUT2D eigenvalue weighted by Gasteiger charge is -2.33. The van der Waals surface area contributed by atoms with Gasteiger partial charge >= 0.3 is 0 Å². The highest BCUT2D eigenvalue weighted by atomic mass is 32.1. The van der Waals surface area contributed by atoms with Crippen LogP contribution < -0.4 is 15.0 Å². The fourth-order valence-electron chi connectivity index (χ4n) is 4.72. The summed E-state index contributed by atoms with van der Waals surface area (Å²) in [4.78, 5) is 23.1. The Bertz CT molecular complexity index is 1350. The Balaban J connectivity index is 1.24. The average Bonchev–Trinajstić information content (AvgIpc) is 3.22. The Kier molecular flexibility index (Phi) is 6.65. The van der Waals surface area contributed by atoms with Gasteiger partial charge in [-0.2, -0.15) is 0 Å². The average molecular weight is 489 g/mol. The summed E-state index contributed by atoms with van der Waals surface area (Å²) in [5.74, 6) is 2.91. The maximum absolute atomic E-state index is 13.0. The standard InChI is InChI=1S/C29H32N2O3S/c1-29(2,3)20-12-15-23-24(18-20)35-28-25(23)27(32)30-26(31-28)19-10-13-22(14-11-19)34-17-7-16-33-21-8-5-4-6-9-21/h4-6,8-11,13-14,20H,7,12,15-18H2,1-3H3,(H,30,31,32)/t20-/m1/s1. The molecule has 0 amide bonds. The minimum atomic E-state index is -0.0320. The molecule has 5 nitrogen and oxygen atoms in total. The van der Waals surface area contributed by atoms with E-state index in [1.807, 2.05) is 54.6 Å². The Labute approximate surface area is 210 Å². The van der Waals surface area contributed by atoms with Crippen LogP contribution in [0.5, 0.6) is 11.5 Å². The molecule has 4 aromatic rings. The predicted molar refractivity (Wildman–Crippen MR) is 143 cm³/mol. The fourth-order valence-corrected chi connectivity index (χ4v) is 6.02. The zero-order valence-electron chi connectivity index (χ0n) is 20.6. The highest BCUT2D eigenvalue weighted by Crippen LogP contribution is 2.42.